The monoisotopic (exact) mass is 816 g/mol. The maximum Gasteiger partial charge on any atom is 0.137 e. The van der Waals surface area contributed by atoms with Gasteiger partial charge in [0, 0.05) is 45.9 Å². The second-order valence-corrected chi connectivity index (χ2v) is 20.7. The number of anilines is 4. The maximum absolute atomic E-state index is 6.80. The van der Waals surface area contributed by atoms with Crippen molar-refractivity contribution in [3.63, 3.8) is 0 Å². The summed E-state index contributed by atoms with van der Waals surface area (Å²) >= 11 is 0. The van der Waals surface area contributed by atoms with Gasteiger partial charge in [0.15, 0.2) is 0 Å². The van der Waals surface area contributed by atoms with Crippen LogP contribution < -0.4 is 14.5 Å². The van der Waals surface area contributed by atoms with Crippen molar-refractivity contribution in [2.45, 2.75) is 97.8 Å². The number of hydrogen-bond acceptors (Lipinski definition) is 4. The lowest BCUT2D eigenvalue weighted by Gasteiger charge is -2.32. The van der Waals surface area contributed by atoms with Crippen molar-refractivity contribution in [3.05, 3.63) is 180 Å². The largest absolute Gasteiger partial charge is 0.457 e. The first kappa shape index (κ1) is 41.0. The average molecular weight is 817 g/mol. The van der Waals surface area contributed by atoms with Gasteiger partial charge < -0.3 is 14.5 Å². The number of ether oxygens (including phenoxy) is 1. The fourth-order valence-corrected chi connectivity index (χ4v) is 9.18. The van der Waals surface area contributed by atoms with Gasteiger partial charge in [-0.05, 0) is 111 Å². The number of para-hydroxylation sites is 1. The minimum Gasteiger partial charge on any atom is -0.457 e. The van der Waals surface area contributed by atoms with E-state index < -0.39 is 0 Å². The highest BCUT2D eigenvalue weighted by Gasteiger charge is 2.35. The normalized spacial score (nSPS) is 13.6. The van der Waals surface area contributed by atoms with Crippen LogP contribution in [-0.2, 0) is 21.7 Å². The van der Waals surface area contributed by atoms with Crippen molar-refractivity contribution in [2.75, 3.05) is 16.5 Å². The number of aromatic nitrogens is 2. The van der Waals surface area contributed by atoms with Crippen molar-refractivity contribution >= 4 is 44.6 Å². The summed E-state index contributed by atoms with van der Waals surface area (Å²) in [5.74, 6) is 2.46. The highest BCUT2D eigenvalue weighted by Crippen LogP contribution is 2.50. The zero-order chi connectivity index (χ0) is 43.8. The lowest BCUT2D eigenvalue weighted by atomic mass is 9.74. The van der Waals surface area contributed by atoms with E-state index in [1.54, 1.807) is 0 Å². The smallest absolute Gasteiger partial charge is 0.137 e. The summed E-state index contributed by atoms with van der Waals surface area (Å²) in [7, 11) is 0. The molecule has 1 aliphatic rings. The Morgan fingerprint density at radius 3 is 1.71 bits per heavy atom. The minimum absolute atomic E-state index is 0.00380. The second kappa shape index (κ2) is 14.9. The molecule has 8 aromatic rings. The van der Waals surface area contributed by atoms with Crippen LogP contribution in [0, 0.1) is 0 Å². The second-order valence-electron chi connectivity index (χ2n) is 20.7. The van der Waals surface area contributed by atoms with E-state index >= 15 is 0 Å². The summed E-state index contributed by atoms with van der Waals surface area (Å²) in [6.45, 7) is 26.0. The van der Waals surface area contributed by atoms with Crippen LogP contribution in [0.2, 0.25) is 0 Å². The third-order valence-corrected chi connectivity index (χ3v) is 12.8. The molecular weight excluding hydrogens is 757 g/mol. The van der Waals surface area contributed by atoms with Gasteiger partial charge in [-0.1, -0.05) is 143 Å². The Labute approximate surface area is 368 Å². The van der Waals surface area contributed by atoms with Gasteiger partial charge in [0.05, 0.1) is 22.4 Å². The van der Waals surface area contributed by atoms with Crippen molar-refractivity contribution in [2.24, 2.45) is 0 Å². The van der Waals surface area contributed by atoms with Gasteiger partial charge in [0.1, 0.15) is 24.0 Å². The molecule has 3 heterocycles. The van der Waals surface area contributed by atoms with Gasteiger partial charge >= 0.3 is 0 Å². The van der Waals surface area contributed by atoms with E-state index in [0.29, 0.717) is 6.67 Å². The quantitative estimate of drug-likeness (QED) is 0.160. The molecule has 0 saturated heterocycles. The summed E-state index contributed by atoms with van der Waals surface area (Å²) in [6, 6.07) is 52.8. The van der Waals surface area contributed by atoms with Crippen LogP contribution in [0.5, 0.6) is 11.5 Å². The molecule has 0 saturated carbocycles. The van der Waals surface area contributed by atoms with E-state index in [1.807, 2.05) is 6.20 Å². The Morgan fingerprint density at radius 1 is 0.452 bits per heavy atom. The summed E-state index contributed by atoms with van der Waals surface area (Å²) in [5.41, 5.74) is 13.2. The Bertz CT molecular complexity index is 2940. The van der Waals surface area contributed by atoms with Gasteiger partial charge in [-0.25, -0.2) is 4.98 Å². The Morgan fingerprint density at radius 2 is 1.05 bits per heavy atom. The average Bonchev–Trinajstić information content (AvgIpc) is 3.78. The first-order valence-corrected chi connectivity index (χ1v) is 22.1. The van der Waals surface area contributed by atoms with Gasteiger partial charge in [0.25, 0.3) is 0 Å². The Kier molecular flexibility index (Phi) is 9.89. The molecule has 6 aromatic carbocycles. The highest BCUT2D eigenvalue weighted by molar-refractivity contribution is 6.09. The zero-order valence-electron chi connectivity index (χ0n) is 38.3. The van der Waals surface area contributed by atoms with Crippen LogP contribution in [0.3, 0.4) is 0 Å². The fourth-order valence-electron chi connectivity index (χ4n) is 9.18. The molecule has 0 bridgehead atoms. The molecule has 0 N–H and O–H groups in total. The van der Waals surface area contributed by atoms with E-state index in [9.17, 15) is 0 Å². The first-order valence-electron chi connectivity index (χ1n) is 22.1. The number of rotatable bonds is 7. The molecule has 1 aliphatic heterocycles. The molecule has 0 spiro atoms. The number of benzene rings is 6. The number of nitrogens with zero attached hydrogens (tertiary/aromatic N) is 4. The predicted molar refractivity (Wildman–Crippen MR) is 262 cm³/mol. The topological polar surface area (TPSA) is 33.5 Å². The molecule has 0 radical (unpaired) electrons. The summed E-state index contributed by atoms with van der Waals surface area (Å²) in [5, 5.41) is 2.36. The first-order chi connectivity index (χ1) is 29.4. The summed E-state index contributed by atoms with van der Waals surface area (Å²) < 4.78 is 9.07. The number of fused-ring (bicyclic) bond motifs is 4. The molecule has 0 fully saturated rings. The third kappa shape index (κ3) is 7.42. The Balaban J connectivity index is 1.10. The van der Waals surface area contributed by atoms with E-state index in [0.717, 1.165) is 34.0 Å². The van der Waals surface area contributed by atoms with Gasteiger partial charge in [-0.2, -0.15) is 0 Å². The maximum atomic E-state index is 6.80. The predicted octanol–water partition coefficient (Wildman–Crippen LogP) is 15.4. The minimum atomic E-state index is -0.120. The lowest BCUT2D eigenvalue weighted by molar-refractivity contribution is 0.483. The molecule has 0 aliphatic carbocycles. The van der Waals surface area contributed by atoms with Gasteiger partial charge in [-0.15, -0.1) is 0 Å². The van der Waals surface area contributed by atoms with Crippen LogP contribution in [-0.4, -0.2) is 16.2 Å². The lowest BCUT2D eigenvalue weighted by Crippen LogP contribution is -2.24. The van der Waals surface area contributed by atoms with Crippen molar-refractivity contribution in [1.82, 2.24) is 9.55 Å². The molecule has 2 aromatic heterocycles. The number of hydrogen-bond donors (Lipinski definition) is 0. The van der Waals surface area contributed by atoms with Crippen molar-refractivity contribution < 1.29 is 4.74 Å². The fraction of sp³-hybridized carbons (Fsp3) is 0.281. The van der Waals surface area contributed by atoms with E-state index in [2.05, 4.69) is 236 Å². The zero-order valence-corrected chi connectivity index (χ0v) is 38.3. The van der Waals surface area contributed by atoms with Gasteiger partial charge in [-0.3, -0.25) is 4.57 Å². The molecule has 62 heavy (non-hydrogen) atoms. The van der Waals surface area contributed by atoms with Crippen LogP contribution in [0.4, 0.5) is 22.7 Å². The molecule has 0 amide bonds. The molecule has 9 rings (SSSR count). The van der Waals surface area contributed by atoms with E-state index in [4.69, 9.17) is 9.72 Å². The molecular formula is C57H60N4O. The van der Waals surface area contributed by atoms with Crippen LogP contribution in [0.1, 0.15) is 104 Å². The molecule has 5 nitrogen and oxygen atoms in total. The van der Waals surface area contributed by atoms with Crippen LogP contribution in [0.25, 0.3) is 27.6 Å². The van der Waals surface area contributed by atoms with Crippen molar-refractivity contribution in [3.8, 4) is 17.3 Å². The molecule has 5 heteroatoms. The Hall–Kier alpha value is -6.33. The standard InChI is InChI=1S/C57H60N4O/c1-54(2,3)40-30-31-58-53(32-40)61-49-23-16-15-22-45(49)46-29-28-44(34-50(46)61)62-43-21-17-20-42(33-43)60-37-59(51-35-47(55(4,5)6)48(36-52(51)60)56(7,8)9)41-26-24-39(25-27-41)57(10,11)38-18-13-12-14-19-38/h12-36H,37H2,1-11H3. The van der Waals surface area contributed by atoms with Crippen molar-refractivity contribution in [1.29, 1.82) is 0 Å². The number of pyridine rings is 1. The third-order valence-electron chi connectivity index (χ3n) is 12.8. The van der Waals surface area contributed by atoms with Gasteiger partial charge in [0.2, 0.25) is 0 Å². The summed E-state index contributed by atoms with van der Waals surface area (Å²) in [4.78, 5) is 9.81. The molecule has 0 atom stereocenters. The van der Waals surface area contributed by atoms with E-state index in [-0.39, 0.29) is 21.7 Å². The van der Waals surface area contributed by atoms with E-state index in [1.165, 1.54) is 55.7 Å². The molecule has 0 unspecified atom stereocenters. The van der Waals surface area contributed by atoms with Crippen LogP contribution >= 0.6 is 0 Å². The molecule has 314 valence electrons. The summed E-state index contributed by atoms with van der Waals surface area (Å²) in [6.07, 6.45) is 1.93. The SMILES string of the molecule is CC(C)(C)c1ccnc(-n2c3ccccc3c3ccc(Oc4cccc(N5CN(c6ccc(C(C)(C)c7ccccc7)cc6)c6cc(C(C)(C)C)c(C(C)(C)C)cc65)c4)cc32)c1. The van der Waals surface area contributed by atoms with Crippen LogP contribution in [0.15, 0.2) is 152 Å². The highest BCUT2D eigenvalue weighted by atomic mass is 16.5.